The molecule has 0 aliphatic carbocycles. The monoisotopic (exact) mass is 421 g/mol. The van der Waals surface area contributed by atoms with E-state index in [1.807, 2.05) is 18.2 Å². The standard InChI is InChI=1S/C25H43NO4/c1-19(2)11-8-7-9-14-25(20(3)4,24(26)27)18-21-12-13-22(29-6)23(17-21)30-16-10-15-28-5/h12-13,17,19-20H,7-11,14-16,18H2,1-6H3,(H2,26,27). The Bertz CT molecular complexity index is 630. The zero-order chi connectivity index (χ0) is 22.6. The molecule has 0 saturated heterocycles. The van der Waals surface area contributed by atoms with Crippen molar-refractivity contribution < 1.29 is 19.0 Å². The summed E-state index contributed by atoms with van der Waals surface area (Å²) in [5, 5.41) is 0. The van der Waals surface area contributed by atoms with Gasteiger partial charge in [-0.1, -0.05) is 59.4 Å². The summed E-state index contributed by atoms with van der Waals surface area (Å²) >= 11 is 0. The number of ether oxygens (including phenoxy) is 3. The topological polar surface area (TPSA) is 70.8 Å². The molecule has 1 aromatic carbocycles. The van der Waals surface area contributed by atoms with Crippen LogP contribution in [-0.4, -0.2) is 33.3 Å². The lowest BCUT2D eigenvalue weighted by Crippen LogP contribution is -2.43. The molecule has 0 aliphatic rings. The van der Waals surface area contributed by atoms with Crippen LogP contribution < -0.4 is 15.2 Å². The lowest BCUT2D eigenvalue weighted by molar-refractivity contribution is -0.130. The fourth-order valence-electron chi connectivity index (χ4n) is 3.94. The zero-order valence-electron chi connectivity index (χ0n) is 20.0. The molecular weight excluding hydrogens is 378 g/mol. The molecular formula is C25H43NO4. The number of amides is 1. The molecule has 1 unspecified atom stereocenters. The van der Waals surface area contributed by atoms with Crippen molar-refractivity contribution in [2.75, 3.05) is 27.4 Å². The molecule has 1 atom stereocenters. The molecule has 5 nitrogen and oxygen atoms in total. The van der Waals surface area contributed by atoms with Gasteiger partial charge in [0, 0.05) is 20.1 Å². The lowest BCUT2D eigenvalue weighted by Gasteiger charge is -2.35. The van der Waals surface area contributed by atoms with Gasteiger partial charge < -0.3 is 19.9 Å². The van der Waals surface area contributed by atoms with E-state index >= 15 is 0 Å². The molecule has 0 spiro atoms. The Labute approximate surface area is 183 Å². The minimum atomic E-state index is -0.556. The van der Waals surface area contributed by atoms with Crippen LogP contribution in [0.5, 0.6) is 11.5 Å². The van der Waals surface area contributed by atoms with Crippen LogP contribution >= 0.6 is 0 Å². The van der Waals surface area contributed by atoms with E-state index in [4.69, 9.17) is 19.9 Å². The first-order chi connectivity index (χ1) is 14.3. The van der Waals surface area contributed by atoms with Gasteiger partial charge >= 0.3 is 0 Å². The maximum Gasteiger partial charge on any atom is 0.224 e. The Morgan fingerprint density at radius 3 is 2.30 bits per heavy atom. The summed E-state index contributed by atoms with van der Waals surface area (Å²) in [5.41, 5.74) is 6.47. The predicted molar refractivity (Wildman–Crippen MR) is 123 cm³/mol. The molecule has 0 radical (unpaired) electrons. The summed E-state index contributed by atoms with van der Waals surface area (Å²) in [6.07, 6.45) is 6.81. The number of carbonyl (C=O) groups is 1. The molecule has 2 N–H and O–H groups in total. The van der Waals surface area contributed by atoms with Gasteiger partial charge in [-0.05, 0) is 42.4 Å². The van der Waals surface area contributed by atoms with Crippen LogP contribution in [0.2, 0.25) is 0 Å². The van der Waals surface area contributed by atoms with Crippen molar-refractivity contribution in [1.29, 1.82) is 0 Å². The van der Waals surface area contributed by atoms with Crippen molar-refractivity contribution in [2.24, 2.45) is 23.0 Å². The van der Waals surface area contributed by atoms with Crippen molar-refractivity contribution in [3.05, 3.63) is 23.8 Å². The van der Waals surface area contributed by atoms with Crippen LogP contribution in [0.15, 0.2) is 18.2 Å². The molecule has 0 heterocycles. The summed E-state index contributed by atoms with van der Waals surface area (Å²) in [7, 11) is 3.31. The first-order valence-electron chi connectivity index (χ1n) is 11.3. The highest BCUT2D eigenvalue weighted by Gasteiger charge is 2.39. The smallest absolute Gasteiger partial charge is 0.224 e. The summed E-state index contributed by atoms with van der Waals surface area (Å²) < 4.78 is 16.4. The Kier molecular flexibility index (Phi) is 11.9. The Morgan fingerprint density at radius 1 is 1.00 bits per heavy atom. The second-order valence-corrected chi connectivity index (χ2v) is 9.03. The highest BCUT2D eigenvalue weighted by molar-refractivity contribution is 5.81. The normalized spacial score (nSPS) is 13.5. The SMILES string of the molecule is COCCCOc1cc(CC(CCCCCC(C)C)(C(N)=O)C(C)C)ccc1OC. The van der Waals surface area contributed by atoms with E-state index in [-0.39, 0.29) is 11.8 Å². The van der Waals surface area contributed by atoms with Crippen LogP contribution in [0.25, 0.3) is 0 Å². The van der Waals surface area contributed by atoms with Gasteiger partial charge in [0.05, 0.1) is 19.1 Å². The number of nitrogens with two attached hydrogens (primary N) is 1. The van der Waals surface area contributed by atoms with Crippen LogP contribution in [0, 0.1) is 17.3 Å². The first-order valence-corrected chi connectivity index (χ1v) is 11.3. The average molecular weight is 422 g/mol. The number of primary amides is 1. The number of hydrogen-bond donors (Lipinski definition) is 1. The molecule has 0 aromatic heterocycles. The number of methoxy groups -OCH3 is 2. The molecule has 0 fully saturated rings. The third-order valence-electron chi connectivity index (χ3n) is 6.00. The summed E-state index contributed by atoms with van der Waals surface area (Å²) in [5.74, 6) is 2.06. The number of hydrogen-bond acceptors (Lipinski definition) is 4. The van der Waals surface area contributed by atoms with Crippen LogP contribution in [0.1, 0.15) is 71.8 Å². The second kappa shape index (κ2) is 13.5. The van der Waals surface area contributed by atoms with Crippen molar-refractivity contribution in [3.63, 3.8) is 0 Å². The number of rotatable bonds is 16. The number of unbranched alkanes of at least 4 members (excludes halogenated alkanes) is 2. The molecule has 1 amide bonds. The molecule has 30 heavy (non-hydrogen) atoms. The molecule has 0 aliphatic heterocycles. The third-order valence-corrected chi connectivity index (χ3v) is 6.00. The van der Waals surface area contributed by atoms with Gasteiger partial charge in [0.15, 0.2) is 11.5 Å². The van der Waals surface area contributed by atoms with E-state index in [0.29, 0.717) is 31.1 Å². The first kappa shape index (κ1) is 26.3. The van der Waals surface area contributed by atoms with Gasteiger partial charge in [-0.2, -0.15) is 0 Å². The van der Waals surface area contributed by atoms with Crippen molar-refractivity contribution >= 4 is 5.91 Å². The molecule has 172 valence electrons. The van der Waals surface area contributed by atoms with E-state index in [1.165, 1.54) is 12.8 Å². The molecule has 5 heteroatoms. The van der Waals surface area contributed by atoms with Crippen molar-refractivity contribution in [1.82, 2.24) is 0 Å². The average Bonchev–Trinajstić information content (AvgIpc) is 2.69. The highest BCUT2D eigenvalue weighted by atomic mass is 16.5. The van der Waals surface area contributed by atoms with E-state index in [2.05, 4.69) is 27.7 Å². The maximum absolute atomic E-state index is 12.6. The lowest BCUT2D eigenvalue weighted by atomic mass is 9.68. The number of benzene rings is 1. The molecule has 1 rings (SSSR count). The van der Waals surface area contributed by atoms with Gasteiger partial charge in [-0.15, -0.1) is 0 Å². The van der Waals surface area contributed by atoms with Crippen LogP contribution in [-0.2, 0) is 16.0 Å². The molecule has 0 saturated carbocycles. The Hall–Kier alpha value is -1.75. The molecule has 0 bridgehead atoms. The predicted octanol–water partition coefficient (Wildman–Crippen LogP) is 5.39. The molecule has 1 aromatic rings. The minimum absolute atomic E-state index is 0.160. The zero-order valence-corrected chi connectivity index (χ0v) is 20.0. The van der Waals surface area contributed by atoms with E-state index in [1.54, 1.807) is 14.2 Å². The minimum Gasteiger partial charge on any atom is -0.493 e. The van der Waals surface area contributed by atoms with Gasteiger partial charge in [0.2, 0.25) is 5.91 Å². The van der Waals surface area contributed by atoms with E-state index in [9.17, 15) is 4.79 Å². The van der Waals surface area contributed by atoms with Crippen LogP contribution in [0.4, 0.5) is 0 Å². The van der Waals surface area contributed by atoms with Gasteiger partial charge in [0.1, 0.15) is 0 Å². The van der Waals surface area contributed by atoms with Crippen LogP contribution in [0.3, 0.4) is 0 Å². The summed E-state index contributed by atoms with van der Waals surface area (Å²) in [6.45, 7) is 9.90. The third kappa shape index (κ3) is 8.17. The maximum atomic E-state index is 12.6. The quantitative estimate of drug-likeness (QED) is 0.363. The van der Waals surface area contributed by atoms with E-state index in [0.717, 1.165) is 37.2 Å². The van der Waals surface area contributed by atoms with Gasteiger partial charge in [0.25, 0.3) is 0 Å². The number of carbonyl (C=O) groups excluding carboxylic acids is 1. The van der Waals surface area contributed by atoms with Gasteiger partial charge in [-0.25, -0.2) is 0 Å². The second-order valence-electron chi connectivity index (χ2n) is 9.03. The van der Waals surface area contributed by atoms with Gasteiger partial charge in [-0.3, -0.25) is 4.79 Å². The highest BCUT2D eigenvalue weighted by Crippen LogP contribution is 2.39. The fourth-order valence-corrected chi connectivity index (χ4v) is 3.94. The Balaban J connectivity index is 2.95. The summed E-state index contributed by atoms with van der Waals surface area (Å²) in [4.78, 5) is 12.6. The van der Waals surface area contributed by atoms with Crippen molar-refractivity contribution in [2.45, 2.75) is 72.6 Å². The largest absolute Gasteiger partial charge is 0.493 e. The Morgan fingerprint density at radius 2 is 1.73 bits per heavy atom. The van der Waals surface area contributed by atoms with Crippen molar-refractivity contribution in [3.8, 4) is 11.5 Å². The van der Waals surface area contributed by atoms with E-state index < -0.39 is 5.41 Å². The summed E-state index contributed by atoms with van der Waals surface area (Å²) in [6, 6.07) is 5.92. The fraction of sp³-hybridized carbons (Fsp3) is 0.720.